The van der Waals surface area contributed by atoms with Gasteiger partial charge in [-0.25, -0.2) is 4.79 Å². The molecule has 0 aliphatic rings. The van der Waals surface area contributed by atoms with Gasteiger partial charge in [-0.05, 0) is 44.5 Å². The summed E-state index contributed by atoms with van der Waals surface area (Å²) in [6, 6.07) is 8.75. The fourth-order valence-corrected chi connectivity index (χ4v) is 1.47. The maximum atomic E-state index is 11.5. The molecule has 0 heterocycles. The van der Waals surface area contributed by atoms with E-state index in [1.54, 1.807) is 30.3 Å². The van der Waals surface area contributed by atoms with E-state index in [1.807, 2.05) is 26.8 Å². The Bertz CT molecular complexity index is 575. The monoisotopic (exact) mass is 286 g/mol. The fraction of sp³-hybridized carbons (Fsp3) is 0.312. The van der Waals surface area contributed by atoms with E-state index < -0.39 is 5.97 Å². The van der Waals surface area contributed by atoms with Crippen LogP contribution in [0.15, 0.2) is 30.3 Å². The first-order valence-electron chi connectivity index (χ1n) is 6.46. The van der Waals surface area contributed by atoms with Crippen molar-refractivity contribution in [3.05, 3.63) is 41.5 Å². The number of hydrogen-bond donors (Lipinski definition) is 1. The first-order valence-corrected chi connectivity index (χ1v) is 6.46. The van der Waals surface area contributed by atoms with E-state index in [0.717, 1.165) is 5.56 Å². The van der Waals surface area contributed by atoms with Crippen LogP contribution in [0.25, 0.3) is 6.08 Å². The van der Waals surface area contributed by atoms with Gasteiger partial charge in [0.05, 0.1) is 11.6 Å². The second-order valence-electron chi connectivity index (χ2n) is 5.47. The van der Waals surface area contributed by atoms with E-state index >= 15 is 0 Å². The Morgan fingerprint density at radius 3 is 2.43 bits per heavy atom. The summed E-state index contributed by atoms with van der Waals surface area (Å²) in [5, 5.41) is 11.4. The molecule has 0 aromatic heterocycles. The minimum atomic E-state index is -0.594. The van der Waals surface area contributed by atoms with Gasteiger partial charge in [0.15, 0.2) is 6.61 Å². The molecule has 1 aromatic carbocycles. The smallest absolute Gasteiger partial charge is 0.331 e. The number of nitrogens with zero attached hydrogens (tertiary/aromatic N) is 1. The van der Waals surface area contributed by atoms with E-state index in [-0.39, 0.29) is 18.1 Å². The number of benzene rings is 1. The summed E-state index contributed by atoms with van der Waals surface area (Å²) in [5.74, 6) is -0.939. The van der Waals surface area contributed by atoms with E-state index in [9.17, 15) is 9.59 Å². The topological polar surface area (TPSA) is 79.2 Å². The summed E-state index contributed by atoms with van der Waals surface area (Å²) in [7, 11) is 0. The molecule has 1 aromatic rings. The molecule has 110 valence electrons. The van der Waals surface area contributed by atoms with Gasteiger partial charge >= 0.3 is 5.97 Å². The first-order chi connectivity index (χ1) is 9.80. The van der Waals surface area contributed by atoms with Crippen LogP contribution >= 0.6 is 0 Å². The highest BCUT2D eigenvalue weighted by atomic mass is 16.5. The molecule has 5 nitrogen and oxygen atoms in total. The molecule has 0 unspecified atom stereocenters. The van der Waals surface area contributed by atoms with Crippen molar-refractivity contribution in [3.8, 4) is 6.07 Å². The highest BCUT2D eigenvalue weighted by molar-refractivity contribution is 5.89. The van der Waals surface area contributed by atoms with Crippen LogP contribution in [0.3, 0.4) is 0 Å². The molecular weight excluding hydrogens is 268 g/mol. The highest BCUT2D eigenvalue weighted by Crippen LogP contribution is 2.05. The van der Waals surface area contributed by atoms with Crippen molar-refractivity contribution in [3.63, 3.8) is 0 Å². The van der Waals surface area contributed by atoms with Crippen LogP contribution in [0, 0.1) is 11.3 Å². The molecule has 0 spiro atoms. The lowest BCUT2D eigenvalue weighted by molar-refractivity contribution is -0.144. The number of rotatable bonds is 4. The third-order valence-corrected chi connectivity index (χ3v) is 2.31. The van der Waals surface area contributed by atoms with Gasteiger partial charge in [0.25, 0.3) is 5.91 Å². The van der Waals surface area contributed by atoms with E-state index in [4.69, 9.17) is 10.00 Å². The zero-order chi connectivity index (χ0) is 15.9. The quantitative estimate of drug-likeness (QED) is 0.678. The second kappa shape index (κ2) is 7.25. The van der Waals surface area contributed by atoms with Crippen LogP contribution in [0.1, 0.15) is 31.9 Å². The summed E-state index contributed by atoms with van der Waals surface area (Å²) < 4.78 is 4.83. The van der Waals surface area contributed by atoms with Crippen molar-refractivity contribution in [1.29, 1.82) is 5.26 Å². The number of carbonyl (C=O) groups excluding carboxylic acids is 2. The van der Waals surface area contributed by atoms with Gasteiger partial charge in [-0.1, -0.05) is 12.1 Å². The van der Waals surface area contributed by atoms with Crippen LogP contribution in [-0.2, 0) is 14.3 Å². The molecule has 5 heteroatoms. The number of amides is 1. The molecule has 0 radical (unpaired) electrons. The van der Waals surface area contributed by atoms with Crippen LogP contribution < -0.4 is 5.32 Å². The molecule has 0 fully saturated rings. The zero-order valence-corrected chi connectivity index (χ0v) is 12.3. The number of hydrogen-bond acceptors (Lipinski definition) is 4. The fourth-order valence-electron chi connectivity index (χ4n) is 1.47. The van der Waals surface area contributed by atoms with Crippen LogP contribution in [0.2, 0.25) is 0 Å². The Kier molecular flexibility index (Phi) is 5.67. The van der Waals surface area contributed by atoms with Crippen molar-refractivity contribution in [2.45, 2.75) is 26.3 Å². The van der Waals surface area contributed by atoms with Crippen molar-refractivity contribution >= 4 is 18.0 Å². The standard InChI is InChI=1S/C16H18N2O3/c1-16(2,3)18-14(19)11-21-15(20)9-8-12-4-6-13(10-17)7-5-12/h4-9H,11H2,1-3H3,(H,18,19)/b9-8+. The Labute approximate surface area is 124 Å². The summed E-state index contributed by atoms with van der Waals surface area (Å²) in [4.78, 5) is 22.9. The van der Waals surface area contributed by atoms with Crippen molar-refractivity contribution in [2.75, 3.05) is 6.61 Å². The molecule has 0 atom stereocenters. The molecule has 1 N–H and O–H groups in total. The number of carbonyl (C=O) groups is 2. The van der Waals surface area contributed by atoms with Crippen LogP contribution in [0.5, 0.6) is 0 Å². The van der Waals surface area contributed by atoms with Crippen molar-refractivity contribution in [1.82, 2.24) is 5.32 Å². The minimum absolute atomic E-state index is 0.312. The third kappa shape index (κ3) is 6.92. The number of esters is 1. The number of nitriles is 1. The van der Waals surface area contributed by atoms with Gasteiger partial charge < -0.3 is 10.1 Å². The maximum Gasteiger partial charge on any atom is 0.331 e. The van der Waals surface area contributed by atoms with Crippen LogP contribution in [0.4, 0.5) is 0 Å². The molecule has 0 bridgehead atoms. The molecule has 0 aliphatic heterocycles. The van der Waals surface area contributed by atoms with Gasteiger partial charge in [0, 0.05) is 11.6 Å². The molecule has 0 saturated carbocycles. The SMILES string of the molecule is CC(C)(C)NC(=O)COC(=O)/C=C/c1ccc(C#N)cc1. The number of nitrogens with one attached hydrogen (secondary N) is 1. The van der Waals surface area contributed by atoms with E-state index in [2.05, 4.69) is 5.32 Å². The Morgan fingerprint density at radius 2 is 1.90 bits per heavy atom. The summed E-state index contributed by atoms with van der Waals surface area (Å²) >= 11 is 0. The summed E-state index contributed by atoms with van der Waals surface area (Å²) in [5.41, 5.74) is 0.959. The number of ether oxygens (including phenoxy) is 1. The third-order valence-electron chi connectivity index (χ3n) is 2.31. The normalized spacial score (nSPS) is 11.0. The zero-order valence-electron chi connectivity index (χ0n) is 12.3. The Morgan fingerprint density at radius 1 is 1.29 bits per heavy atom. The van der Waals surface area contributed by atoms with Gasteiger partial charge in [-0.15, -0.1) is 0 Å². The Hall–Kier alpha value is -2.61. The minimum Gasteiger partial charge on any atom is -0.452 e. The molecular formula is C16H18N2O3. The highest BCUT2D eigenvalue weighted by Gasteiger charge is 2.14. The van der Waals surface area contributed by atoms with Gasteiger partial charge in [0.1, 0.15) is 0 Å². The molecule has 1 amide bonds. The summed E-state index contributed by atoms with van der Waals surface area (Å²) in [6.45, 7) is 5.22. The largest absolute Gasteiger partial charge is 0.452 e. The molecule has 0 aliphatic carbocycles. The van der Waals surface area contributed by atoms with Crippen molar-refractivity contribution < 1.29 is 14.3 Å². The van der Waals surface area contributed by atoms with E-state index in [0.29, 0.717) is 5.56 Å². The maximum absolute atomic E-state index is 11.5. The van der Waals surface area contributed by atoms with Crippen molar-refractivity contribution in [2.24, 2.45) is 0 Å². The van der Waals surface area contributed by atoms with Gasteiger partial charge in [-0.2, -0.15) is 5.26 Å². The van der Waals surface area contributed by atoms with Crippen LogP contribution in [-0.4, -0.2) is 24.0 Å². The van der Waals surface area contributed by atoms with E-state index in [1.165, 1.54) is 6.08 Å². The lowest BCUT2D eigenvalue weighted by atomic mass is 10.1. The average molecular weight is 286 g/mol. The predicted octanol–water partition coefficient (Wildman–Crippen LogP) is 2.03. The average Bonchev–Trinajstić information content (AvgIpc) is 2.41. The van der Waals surface area contributed by atoms with Gasteiger partial charge in [-0.3, -0.25) is 4.79 Å². The molecule has 21 heavy (non-hydrogen) atoms. The predicted molar refractivity (Wildman–Crippen MR) is 79.0 cm³/mol. The molecule has 1 rings (SSSR count). The summed E-state index contributed by atoms with van der Waals surface area (Å²) in [6.07, 6.45) is 2.80. The van der Waals surface area contributed by atoms with Gasteiger partial charge in [0.2, 0.25) is 0 Å². The lowest BCUT2D eigenvalue weighted by Crippen LogP contribution is -2.42. The lowest BCUT2D eigenvalue weighted by Gasteiger charge is -2.20. The second-order valence-corrected chi connectivity index (χ2v) is 5.47. The molecule has 0 saturated heterocycles. The Balaban J connectivity index is 2.44. The first kappa shape index (κ1) is 16.4.